The fourth-order valence-electron chi connectivity index (χ4n) is 3.48. The summed E-state index contributed by atoms with van der Waals surface area (Å²) in [5.41, 5.74) is 2.28. The fourth-order valence-corrected chi connectivity index (χ4v) is 3.48. The number of fused-ring (bicyclic) bond motifs is 1. The van der Waals surface area contributed by atoms with Gasteiger partial charge >= 0.3 is 0 Å². The number of hydrogen-bond acceptors (Lipinski definition) is 9. The van der Waals surface area contributed by atoms with E-state index in [1.54, 1.807) is 50.0 Å². The first-order valence-corrected chi connectivity index (χ1v) is 11.2. The van der Waals surface area contributed by atoms with Crippen LogP contribution in [-0.4, -0.2) is 52.9 Å². The fraction of sp³-hybridized carbons (Fsp3) is 0.280. The number of carbonyl (C=O) groups is 1. The Morgan fingerprint density at radius 3 is 2.69 bits per heavy atom. The second-order valence-electron chi connectivity index (χ2n) is 8.89. The molecule has 4 rings (SSSR count). The van der Waals surface area contributed by atoms with Crippen LogP contribution in [0.1, 0.15) is 26.5 Å². The summed E-state index contributed by atoms with van der Waals surface area (Å²) in [7, 11) is 1.84. The van der Waals surface area contributed by atoms with Crippen molar-refractivity contribution in [3.05, 3.63) is 42.5 Å². The monoisotopic (exact) mass is 485 g/mol. The highest BCUT2D eigenvalue weighted by atomic mass is 16.3. The van der Waals surface area contributed by atoms with Gasteiger partial charge in [-0.15, -0.1) is 10.2 Å². The van der Waals surface area contributed by atoms with E-state index in [-0.39, 0.29) is 0 Å². The molecule has 0 fully saturated rings. The number of rotatable bonds is 7. The topological polar surface area (TPSA) is 143 Å². The number of anilines is 4. The van der Waals surface area contributed by atoms with Crippen LogP contribution >= 0.6 is 0 Å². The summed E-state index contributed by atoms with van der Waals surface area (Å²) in [6.45, 7) is 7.20. The maximum atomic E-state index is 12.3. The summed E-state index contributed by atoms with van der Waals surface area (Å²) in [6.07, 6.45) is 3.30. The van der Waals surface area contributed by atoms with Crippen molar-refractivity contribution >= 4 is 40.0 Å². The molecule has 0 saturated heterocycles. The summed E-state index contributed by atoms with van der Waals surface area (Å²) in [6, 6.07) is 7.33. The molecule has 1 amide bonds. The van der Waals surface area contributed by atoms with Crippen LogP contribution in [0, 0.1) is 18.8 Å². The highest BCUT2D eigenvalue weighted by molar-refractivity contribution is 6.06. The standard InChI is InChI=1S/C25H27N9O2/c1-6-7-20(35)30-19-11-16(23-33-28-14-34(23)5)8-9-18(19)31-24-26-12-17-10-15(2)29-22(21(17)32-24)27-13-25(3,4)36/h8-12,14,36H,13H2,1-5H3,(H,27,29)(H,30,35)(H,26,31,32). The molecule has 11 nitrogen and oxygen atoms in total. The Morgan fingerprint density at radius 2 is 2.00 bits per heavy atom. The molecule has 0 bridgehead atoms. The number of nitrogens with zero attached hydrogens (tertiary/aromatic N) is 6. The predicted octanol–water partition coefficient (Wildman–Crippen LogP) is 3.02. The predicted molar refractivity (Wildman–Crippen MR) is 139 cm³/mol. The van der Waals surface area contributed by atoms with Crippen molar-refractivity contribution in [2.24, 2.45) is 7.05 Å². The summed E-state index contributed by atoms with van der Waals surface area (Å²) in [4.78, 5) is 25.9. The van der Waals surface area contributed by atoms with Gasteiger partial charge in [0, 0.05) is 36.4 Å². The number of aliphatic hydroxyl groups is 1. The van der Waals surface area contributed by atoms with Crippen molar-refractivity contribution in [2.75, 3.05) is 22.5 Å². The lowest BCUT2D eigenvalue weighted by Gasteiger charge is -2.19. The van der Waals surface area contributed by atoms with E-state index in [1.165, 1.54) is 0 Å². The molecule has 11 heteroatoms. The van der Waals surface area contributed by atoms with Crippen molar-refractivity contribution in [3.8, 4) is 23.2 Å². The van der Waals surface area contributed by atoms with Crippen molar-refractivity contribution in [2.45, 2.75) is 33.3 Å². The van der Waals surface area contributed by atoms with Gasteiger partial charge in [-0.2, -0.15) is 0 Å². The minimum absolute atomic E-state index is 0.295. The number of hydrogen-bond donors (Lipinski definition) is 4. The first kappa shape index (κ1) is 24.6. The summed E-state index contributed by atoms with van der Waals surface area (Å²) < 4.78 is 1.78. The third-order valence-electron chi connectivity index (χ3n) is 5.10. The lowest BCUT2D eigenvalue weighted by atomic mass is 10.1. The maximum Gasteiger partial charge on any atom is 0.300 e. The molecule has 0 aliphatic carbocycles. The number of amides is 1. The molecule has 0 unspecified atom stereocenters. The Morgan fingerprint density at radius 1 is 1.19 bits per heavy atom. The summed E-state index contributed by atoms with van der Waals surface area (Å²) in [5, 5.41) is 28.1. The normalized spacial score (nSPS) is 11.1. The van der Waals surface area contributed by atoms with E-state index in [4.69, 9.17) is 0 Å². The zero-order chi connectivity index (χ0) is 25.9. The molecule has 0 saturated carbocycles. The van der Waals surface area contributed by atoms with E-state index in [1.807, 2.05) is 26.1 Å². The third kappa shape index (κ3) is 5.73. The second-order valence-corrected chi connectivity index (χ2v) is 8.89. The Bertz CT molecular complexity index is 1490. The van der Waals surface area contributed by atoms with Gasteiger partial charge in [0.2, 0.25) is 5.95 Å². The molecule has 1 aromatic carbocycles. The second kappa shape index (κ2) is 9.97. The van der Waals surface area contributed by atoms with Crippen LogP contribution in [0.15, 0.2) is 36.8 Å². The van der Waals surface area contributed by atoms with E-state index in [0.29, 0.717) is 41.0 Å². The van der Waals surface area contributed by atoms with Gasteiger partial charge in [-0.1, -0.05) is 5.92 Å². The molecule has 0 aliphatic heterocycles. The largest absolute Gasteiger partial charge is 0.389 e. The van der Waals surface area contributed by atoms with Gasteiger partial charge in [0.05, 0.1) is 17.0 Å². The highest BCUT2D eigenvalue weighted by Gasteiger charge is 2.16. The van der Waals surface area contributed by atoms with Gasteiger partial charge in [0.25, 0.3) is 5.91 Å². The first-order valence-electron chi connectivity index (χ1n) is 11.2. The number of carbonyl (C=O) groups excluding carboxylic acids is 1. The Labute approximate surface area is 208 Å². The SMILES string of the molecule is CC#CC(=O)Nc1cc(-c2nncn2C)ccc1Nc1ncc2cc(C)nc(NCC(C)(C)O)c2n1. The number of benzene rings is 1. The van der Waals surface area contributed by atoms with Crippen molar-refractivity contribution in [3.63, 3.8) is 0 Å². The van der Waals surface area contributed by atoms with Crippen LogP contribution in [0.4, 0.5) is 23.1 Å². The van der Waals surface area contributed by atoms with Crippen molar-refractivity contribution < 1.29 is 9.90 Å². The van der Waals surface area contributed by atoms with Crippen LogP contribution in [-0.2, 0) is 11.8 Å². The molecule has 0 atom stereocenters. The van der Waals surface area contributed by atoms with E-state index in [2.05, 4.69) is 52.9 Å². The molecule has 0 radical (unpaired) electrons. The highest BCUT2D eigenvalue weighted by Crippen LogP contribution is 2.30. The summed E-state index contributed by atoms with van der Waals surface area (Å²) in [5.74, 6) is 6.12. The average Bonchev–Trinajstić information content (AvgIpc) is 3.24. The Hall–Kier alpha value is -4.56. The van der Waals surface area contributed by atoms with Crippen LogP contribution in [0.25, 0.3) is 22.3 Å². The van der Waals surface area contributed by atoms with Gasteiger partial charge < -0.3 is 25.6 Å². The molecule has 4 N–H and O–H groups in total. The lowest BCUT2D eigenvalue weighted by Crippen LogP contribution is -2.29. The van der Waals surface area contributed by atoms with E-state index < -0.39 is 11.5 Å². The summed E-state index contributed by atoms with van der Waals surface area (Å²) >= 11 is 0. The third-order valence-corrected chi connectivity index (χ3v) is 5.10. The van der Waals surface area contributed by atoms with Gasteiger partial charge in [0.15, 0.2) is 11.6 Å². The van der Waals surface area contributed by atoms with E-state index in [9.17, 15) is 9.90 Å². The van der Waals surface area contributed by atoms with Gasteiger partial charge in [-0.05, 0) is 57.9 Å². The van der Waals surface area contributed by atoms with Gasteiger partial charge in [-0.3, -0.25) is 4.79 Å². The van der Waals surface area contributed by atoms with Crippen molar-refractivity contribution in [1.82, 2.24) is 29.7 Å². The van der Waals surface area contributed by atoms with Gasteiger partial charge in [-0.25, -0.2) is 15.0 Å². The molecule has 184 valence electrons. The average molecular weight is 486 g/mol. The molecular formula is C25H27N9O2. The molecule has 3 heterocycles. The molecule has 3 aromatic heterocycles. The minimum Gasteiger partial charge on any atom is -0.389 e. The number of nitrogens with one attached hydrogen (secondary N) is 3. The first-order chi connectivity index (χ1) is 17.1. The maximum absolute atomic E-state index is 12.3. The quantitative estimate of drug-likeness (QED) is 0.290. The zero-order valence-corrected chi connectivity index (χ0v) is 20.7. The van der Waals surface area contributed by atoms with E-state index >= 15 is 0 Å². The smallest absolute Gasteiger partial charge is 0.300 e. The van der Waals surface area contributed by atoms with Crippen LogP contribution in [0.3, 0.4) is 0 Å². The Kier molecular flexibility index (Phi) is 6.80. The van der Waals surface area contributed by atoms with E-state index in [0.717, 1.165) is 16.6 Å². The molecule has 36 heavy (non-hydrogen) atoms. The molecule has 0 aliphatic rings. The number of pyridine rings is 1. The number of aryl methyl sites for hydroxylation is 2. The number of aromatic nitrogens is 6. The van der Waals surface area contributed by atoms with Crippen LogP contribution in [0.2, 0.25) is 0 Å². The van der Waals surface area contributed by atoms with Gasteiger partial charge in [0.1, 0.15) is 11.8 Å². The van der Waals surface area contributed by atoms with Crippen molar-refractivity contribution in [1.29, 1.82) is 0 Å². The molecular weight excluding hydrogens is 458 g/mol. The Balaban J connectivity index is 1.72. The van der Waals surface area contributed by atoms with Crippen LogP contribution in [0.5, 0.6) is 0 Å². The van der Waals surface area contributed by atoms with Crippen LogP contribution < -0.4 is 16.0 Å². The lowest BCUT2D eigenvalue weighted by molar-refractivity contribution is -0.111. The molecule has 0 spiro atoms. The minimum atomic E-state index is -0.926. The zero-order valence-electron chi connectivity index (χ0n) is 20.7. The molecule has 4 aromatic rings.